The second kappa shape index (κ2) is 7.30. The highest BCUT2D eigenvalue weighted by atomic mass is 35.5. The average molecular weight is 320 g/mol. The molecule has 0 aromatic heterocycles. The Hall–Kier alpha value is -1.77. The normalized spacial score (nSPS) is 10.8. The van der Waals surface area contributed by atoms with Crippen LogP contribution >= 0.6 is 23.2 Å². The molecule has 108 valence electrons. The number of benzene rings is 2. The Labute approximate surface area is 134 Å². The van der Waals surface area contributed by atoms with Gasteiger partial charge in [-0.05, 0) is 30.2 Å². The maximum absolute atomic E-state index is 12.0. The van der Waals surface area contributed by atoms with Gasteiger partial charge in [0.15, 0.2) is 5.78 Å². The van der Waals surface area contributed by atoms with Crippen LogP contribution in [0.4, 0.5) is 5.69 Å². The quantitative estimate of drug-likeness (QED) is 0.593. The zero-order chi connectivity index (χ0) is 15.2. The minimum absolute atomic E-state index is 0.0507. The van der Waals surface area contributed by atoms with E-state index in [4.69, 9.17) is 23.2 Å². The van der Waals surface area contributed by atoms with E-state index in [0.29, 0.717) is 15.6 Å². The summed E-state index contributed by atoms with van der Waals surface area (Å²) in [5.74, 6) is -0.0507. The van der Waals surface area contributed by atoms with Crippen LogP contribution in [-0.4, -0.2) is 5.78 Å². The van der Waals surface area contributed by atoms with Crippen LogP contribution in [0.3, 0.4) is 0 Å². The Balaban J connectivity index is 1.99. The van der Waals surface area contributed by atoms with Gasteiger partial charge in [0.25, 0.3) is 0 Å². The summed E-state index contributed by atoms with van der Waals surface area (Å²) in [6, 6.07) is 12.8. The van der Waals surface area contributed by atoms with Crippen molar-refractivity contribution in [3.8, 4) is 0 Å². The summed E-state index contributed by atoms with van der Waals surface area (Å²) in [5.41, 5.74) is 2.65. The summed E-state index contributed by atoms with van der Waals surface area (Å²) in [6.45, 7) is 2.08. The SMILES string of the molecule is CCc1ccc(C(=O)C=CNc2ccc(Cl)c(Cl)c2)cc1. The van der Waals surface area contributed by atoms with E-state index < -0.39 is 0 Å². The van der Waals surface area contributed by atoms with E-state index in [1.807, 2.05) is 24.3 Å². The number of hydrogen-bond donors (Lipinski definition) is 1. The number of carbonyl (C=O) groups is 1. The summed E-state index contributed by atoms with van der Waals surface area (Å²) >= 11 is 11.8. The fourth-order valence-corrected chi connectivity index (χ4v) is 2.10. The molecule has 2 nitrogen and oxygen atoms in total. The van der Waals surface area contributed by atoms with Gasteiger partial charge in [-0.3, -0.25) is 4.79 Å². The van der Waals surface area contributed by atoms with Gasteiger partial charge in [0, 0.05) is 23.5 Å². The predicted octanol–water partition coefficient (Wildman–Crippen LogP) is 5.36. The van der Waals surface area contributed by atoms with Gasteiger partial charge in [0.2, 0.25) is 0 Å². The van der Waals surface area contributed by atoms with Crippen molar-refractivity contribution in [3.63, 3.8) is 0 Å². The second-order valence-electron chi connectivity index (χ2n) is 4.52. The molecule has 0 spiro atoms. The van der Waals surface area contributed by atoms with Crippen molar-refractivity contribution in [3.05, 3.63) is 75.9 Å². The van der Waals surface area contributed by atoms with Gasteiger partial charge < -0.3 is 5.32 Å². The predicted molar refractivity (Wildman–Crippen MR) is 89.4 cm³/mol. The average Bonchev–Trinajstić information content (AvgIpc) is 2.51. The van der Waals surface area contributed by atoms with Gasteiger partial charge in [0.1, 0.15) is 0 Å². The van der Waals surface area contributed by atoms with E-state index in [2.05, 4.69) is 12.2 Å². The van der Waals surface area contributed by atoms with Crippen molar-refractivity contribution in [1.82, 2.24) is 0 Å². The molecule has 0 radical (unpaired) electrons. The first-order chi connectivity index (χ1) is 10.1. The molecule has 0 saturated carbocycles. The molecule has 21 heavy (non-hydrogen) atoms. The molecular weight excluding hydrogens is 305 g/mol. The molecule has 2 aromatic rings. The van der Waals surface area contributed by atoms with Crippen LogP contribution in [0, 0.1) is 0 Å². The number of allylic oxidation sites excluding steroid dienone is 1. The van der Waals surface area contributed by atoms with E-state index in [0.717, 1.165) is 12.1 Å². The van der Waals surface area contributed by atoms with E-state index in [-0.39, 0.29) is 5.78 Å². The maximum atomic E-state index is 12.0. The number of hydrogen-bond acceptors (Lipinski definition) is 2. The molecule has 0 saturated heterocycles. The summed E-state index contributed by atoms with van der Waals surface area (Å²) < 4.78 is 0. The molecular formula is C17H15Cl2NO. The molecule has 0 unspecified atom stereocenters. The van der Waals surface area contributed by atoms with Crippen LogP contribution in [0.1, 0.15) is 22.8 Å². The number of halogens is 2. The lowest BCUT2D eigenvalue weighted by Crippen LogP contribution is -1.96. The standard InChI is InChI=1S/C17H15Cl2NO/c1-2-12-3-5-13(6-4-12)17(21)9-10-20-14-7-8-15(18)16(19)11-14/h3-11,20H,2H2,1H3. The molecule has 1 N–H and O–H groups in total. The Bertz CT molecular complexity index is 663. The van der Waals surface area contributed by atoms with Crippen molar-refractivity contribution >= 4 is 34.7 Å². The first-order valence-corrected chi connectivity index (χ1v) is 7.37. The van der Waals surface area contributed by atoms with Crippen molar-refractivity contribution in [2.24, 2.45) is 0 Å². The van der Waals surface area contributed by atoms with Crippen LogP contribution in [0.25, 0.3) is 0 Å². The molecule has 0 atom stereocenters. The number of rotatable bonds is 5. The van der Waals surface area contributed by atoms with Crippen LogP contribution in [0.15, 0.2) is 54.7 Å². The van der Waals surface area contributed by atoms with Crippen LogP contribution < -0.4 is 5.32 Å². The third kappa shape index (κ3) is 4.35. The molecule has 2 aromatic carbocycles. The largest absolute Gasteiger partial charge is 0.362 e. The first-order valence-electron chi connectivity index (χ1n) is 6.61. The molecule has 0 aliphatic rings. The van der Waals surface area contributed by atoms with Gasteiger partial charge in [-0.15, -0.1) is 0 Å². The Morgan fingerprint density at radius 3 is 2.43 bits per heavy atom. The molecule has 0 aliphatic heterocycles. The lowest BCUT2D eigenvalue weighted by atomic mass is 10.1. The monoisotopic (exact) mass is 319 g/mol. The molecule has 2 rings (SSSR count). The molecule has 0 aliphatic carbocycles. The van der Waals surface area contributed by atoms with Crippen LogP contribution in [0.2, 0.25) is 10.0 Å². The van der Waals surface area contributed by atoms with Gasteiger partial charge in [-0.25, -0.2) is 0 Å². The van der Waals surface area contributed by atoms with E-state index in [9.17, 15) is 4.79 Å². The fourth-order valence-electron chi connectivity index (χ4n) is 1.80. The lowest BCUT2D eigenvalue weighted by molar-refractivity contribution is 0.104. The number of carbonyl (C=O) groups excluding carboxylic acids is 1. The number of aryl methyl sites for hydroxylation is 1. The topological polar surface area (TPSA) is 29.1 Å². The summed E-state index contributed by atoms with van der Waals surface area (Å²) in [4.78, 5) is 12.0. The third-order valence-corrected chi connectivity index (χ3v) is 3.79. The van der Waals surface area contributed by atoms with Crippen molar-refractivity contribution in [2.75, 3.05) is 5.32 Å². The Morgan fingerprint density at radius 1 is 1.10 bits per heavy atom. The van der Waals surface area contributed by atoms with Crippen molar-refractivity contribution in [2.45, 2.75) is 13.3 Å². The lowest BCUT2D eigenvalue weighted by Gasteiger charge is -2.02. The highest BCUT2D eigenvalue weighted by Gasteiger charge is 2.01. The van der Waals surface area contributed by atoms with Gasteiger partial charge in [-0.2, -0.15) is 0 Å². The third-order valence-electron chi connectivity index (χ3n) is 3.05. The molecule has 0 heterocycles. The van der Waals surface area contributed by atoms with E-state index in [1.165, 1.54) is 11.6 Å². The smallest absolute Gasteiger partial charge is 0.187 e. The molecule has 0 bridgehead atoms. The highest BCUT2D eigenvalue weighted by molar-refractivity contribution is 6.42. The fraction of sp³-hybridized carbons (Fsp3) is 0.118. The van der Waals surface area contributed by atoms with Gasteiger partial charge >= 0.3 is 0 Å². The summed E-state index contributed by atoms with van der Waals surface area (Å²) in [7, 11) is 0. The van der Waals surface area contributed by atoms with Gasteiger partial charge in [-0.1, -0.05) is 54.4 Å². The van der Waals surface area contributed by atoms with Crippen molar-refractivity contribution < 1.29 is 4.79 Å². The minimum atomic E-state index is -0.0507. The molecule has 0 fully saturated rings. The zero-order valence-electron chi connectivity index (χ0n) is 11.6. The first kappa shape index (κ1) is 15.6. The minimum Gasteiger partial charge on any atom is -0.362 e. The summed E-state index contributed by atoms with van der Waals surface area (Å²) in [5, 5.41) is 3.96. The maximum Gasteiger partial charge on any atom is 0.187 e. The van der Waals surface area contributed by atoms with Gasteiger partial charge in [0.05, 0.1) is 10.0 Å². The number of anilines is 1. The Morgan fingerprint density at radius 2 is 1.81 bits per heavy atom. The molecule has 4 heteroatoms. The molecule has 0 amide bonds. The Kier molecular flexibility index (Phi) is 5.43. The van der Waals surface area contributed by atoms with E-state index >= 15 is 0 Å². The summed E-state index contributed by atoms with van der Waals surface area (Å²) in [6.07, 6.45) is 4.04. The number of ketones is 1. The van der Waals surface area contributed by atoms with Crippen LogP contribution in [0.5, 0.6) is 0 Å². The van der Waals surface area contributed by atoms with E-state index in [1.54, 1.807) is 24.4 Å². The van der Waals surface area contributed by atoms with Crippen LogP contribution in [-0.2, 0) is 6.42 Å². The van der Waals surface area contributed by atoms with Crippen molar-refractivity contribution in [1.29, 1.82) is 0 Å². The zero-order valence-corrected chi connectivity index (χ0v) is 13.1. The number of nitrogens with one attached hydrogen (secondary N) is 1. The highest BCUT2D eigenvalue weighted by Crippen LogP contribution is 2.24. The second-order valence-corrected chi connectivity index (χ2v) is 5.34.